The zero-order valence-corrected chi connectivity index (χ0v) is 18.6. The van der Waals surface area contributed by atoms with Crippen LogP contribution in [0.4, 0.5) is 5.69 Å². The quantitative estimate of drug-likeness (QED) is 0.590. The van der Waals surface area contributed by atoms with E-state index in [-0.39, 0.29) is 11.9 Å². The van der Waals surface area contributed by atoms with Crippen molar-refractivity contribution in [1.82, 2.24) is 10.2 Å². The maximum Gasteiger partial charge on any atom is 0.234 e. The monoisotopic (exact) mass is 429 g/mol. The summed E-state index contributed by atoms with van der Waals surface area (Å²) in [6.07, 6.45) is 0.780. The third-order valence-electron chi connectivity index (χ3n) is 6.00. The van der Waals surface area contributed by atoms with Crippen LogP contribution in [-0.2, 0) is 11.2 Å². The van der Waals surface area contributed by atoms with Crippen molar-refractivity contribution in [2.75, 3.05) is 44.7 Å². The topological polar surface area (TPSA) is 44.8 Å². The molecule has 32 heavy (non-hydrogen) atoms. The number of amides is 1. The van der Waals surface area contributed by atoms with Crippen LogP contribution in [0.2, 0.25) is 0 Å². The van der Waals surface area contributed by atoms with E-state index in [2.05, 4.69) is 51.5 Å². The normalized spacial score (nSPS) is 15.2. The number of anilines is 1. The fourth-order valence-corrected chi connectivity index (χ4v) is 4.19. The molecule has 166 valence electrons. The van der Waals surface area contributed by atoms with Gasteiger partial charge in [0.2, 0.25) is 5.91 Å². The molecule has 1 fully saturated rings. The van der Waals surface area contributed by atoms with Gasteiger partial charge in [0.05, 0.1) is 19.7 Å². The Morgan fingerprint density at radius 3 is 2.12 bits per heavy atom. The number of nitrogens with zero attached hydrogens (tertiary/aromatic N) is 2. The van der Waals surface area contributed by atoms with Gasteiger partial charge in [-0.25, -0.2) is 0 Å². The summed E-state index contributed by atoms with van der Waals surface area (Å²) in [6, 6.07) is 28.7. The lowest BCUT2D eigenvalue weighted by atomic mass is 9.99. The van der Waals surface area contributed by atoms with Crippen molar-refractivity contribution in [2.24, 2.45) is 0 Å². The molecular formula is C27H31N3O2. The second-order valence-electron chi connectivity index (χ2n) is 8.18. The van der Waals surface area contributed by atoms with E-state index < -0.39 is 0 Å². The number of hydrogen-bond donors (Lipinski definition) is 1. The molecule has 0 aromatic heterocycles. The van der Waals surface area contributed by atoms with Crippen LogP contribution in [0.15, 0.2) is 84.9 Å². The van der Waals surface area contributed by atoms with Crippen LogP contribution in [0.5, 0.6) is 5.75 Å². The Morgan fingerprint density at radius 1 is 0.875 bits per heavy atom. The molecule has 1 aliphatic heterocycles. The van der Waals surface area contributed by atoms with Crippen LogP contribution in [0.1, 0.15) is 17.2 Å². The minimum absolute atomic E-state index is 0.0355. The molecule has 3 aromatic rings. The summed E-state index contributed by atoms with van der Waals surface area (Å²) >= 11 is 0. The molecule has 1 atom stereocenters. The molecule has 4 rings (SSSR count). The highest BCUT2D eigenvalue weighted by atomic mass is 16.5. The Hall–Kier alpha value is -3.31. The van der Waals surface area contributed by atoms with Gasteiger partial charge in [-0.15, -0.1) is 0 Å². The van der Waals surface area contributed by atoms with Gasteiger partial charge < -0.3 is 15.0 Å². The molecule has 1 amide bonds. The van der Waals surface area contributed by atoms with Crippen molar-refractivity contribution in [3.63, 3.8) is 0 Å². The van der Waals surface area contributed by atoms with Crippen molar-refractivity contribution < 1.29 is 9.53 Å². The summed E-state index contributed by atoms with van der Waals surface area (Å²) < 4.78 is 5.25. The van der Waals surface area contributed by atoms with Crippen LogP contribution in [-0.4, -0.2) is 50.6 Å². The summed E-state index contributed by atoms with van der Waals surface area (Å²) in [5.41, 5.74) is 3.55. The van der Waals surface area contributed by atoms with E-state index in [0.717, 1.165) is 43.9 Å². The van der Waals surface area contributed by atoms with Crippen molar-refractivity contribution >= 4 is 11.6 Å². The average Bonchev–Trinajstić information content (AvgIpc) is 2.85. The Labute approximate surface area is 190 Å². The number of benzene rings is 3. The molecular weight excluding hydrogens is 398 g/mol. The fraction of sp³-hybridized carbons (Fsp3) is 0.296. The van der Waals surface area contributed by atoms with E-state index in [1.807, 2.05) is 48.5 Å². The SMILES string of the molecule is COc1ccc(N2CCN(CC(=O)N[C@H](Cc3ccccc3)c3ccccc3)CC2)cc1. The molecule has 5 heteroatoms. The molecule has 5 nitrogen and oxygen atoms in total. The van der Waals surface area contributed by atoms with Crippen molar-refractivity contribution in [2.45, 2.75) is 12.5 Å². The number of carbonyl (C=O) groups is 1. The number of methoxy groups -OCH3 is 1. The third-order valence-corrected chi connectivity index (χ3v) is 6.00. The lowest BCUT2D eigenvalue weighted by molar-refractivity contribution is -0.123. The second kappa shape index (κ2) is 10.8. The lowest BCUT2D eigenvalue weighted by Crippen LogP contribution is -2.50. The predicted octanol–water partition coefficient (Wildman–Crippen LogP) is 3.92. The number of rotatable bonds is 8. The van der Waals surface area contributed by atoms with Crippen molar-refractivity contribution in [1.29, 1.82) is 0 Å². The Morgan fingerprint density at radius 2 is 1.50 bits per heavy atom. The minimum atomic E-state index is -0.0355. The molecule has 3 aromatic carbocycles. The molecule has 1 N–H and O–H groups in total. The van der Waals surface area contributed by atoms with Gasteiger partial charge >= 0.3 is 0 Å². The smallest absolute Gasteiger partial charge is 0.234 e. The Kier molecular flexibility index (Phi) is 7.41. The zero-order chi connectivity index (χ0) is 22.2. The van der Waals surface area contributed by atoms with E-state index in [1.165, 1.54) is 11.3 Å². The van der Waals surface area contributed by atoms with Crippen LogP contribution in [0.3, 0.4) is 0 Å². The van der Waals surface area contributed by atoms with Gasteiger partial charge in [-0.05, 0) is 41.8 Å². The summed E-state index contributed by atoms with van der Waals surface area (Å²) in [5.74, 6) is 0.945. The van der Waals surface area contributed by atoms with Crippen molar-refractivity contribution in [3.8, 4) is 5.75 Å². The molecule has 0 bridgehead atoms. The molecule has 0 aliphatic carbocycles. The number of piperazine rings is 1. The molecule has 1 heterocycles. The van der Waals surface area contributed by atoms with Gasteiger partial charge in [-0.1, -0.05) is 60.7 Å². The maximum absolute atomic E-state index is 12.9. The van der Waals surface area contributed by atoms with Crippen LogP contribution >= 0.6 is 0 Å². The molecule has 0 saturated carbocycles. The summed E-state index contributed by atoms with van der Waals surface area (Å²) in [7, 11) is 1.68. The Bertz CT molecular complexity index is 969. The highest BCUT2D eigenvalue weighted by molar-refractivity contribution is 5.78. The van der Waals surface area contributed by atoms with Gasteiger partial charge in [0.25, 0.3) is 0 Å². The van der Waals surface area contributed by atoms with E-state index in [1.54, 1.807) is 7.11 Å². The highest BCUT2D eigenvalue weighted by Crippen LogP contribution is 2.21. The largest absolute Gasteiger partial charge is 0.497 e. The average molecular weight is 430 g/mol. The lowest BCUT2D eigenvalue weighted by Gasteiger charge is -2.36. The molecule has 0 radical (unpaired) electrons. The number of hydrogen-bond acceptors (Lipinski definition) is 4. The fourth-order valence-electron chi connectivity index (χ4n) is 4.19. The van der Waals surface area contributed by atoms with E-state index >= 15 is 0 Å². The van der Waals surface area contributed by atoms with Crippen LogP contribution in [0.25, 0.3) is 0 Å². The predicted molar refractivity (Wildman–Crippen MR) is 129 cm³/mol. The number of carbonyl (C=O) groups excluding carboxylic acids is 1. The van der Waals surface area contributed by atoms with E-state index in [9.17, 15) is 4.79 Å². The first kappa shape index (κ1) is 21.9. The van der Waals surface area contributed by atoms with Crippen LogP contribution in [0, 0.1) is 0 Å². The van der Waals surface area contributed by atoms with Gasteiger partial charge in [0, 0.05) is 31.9 Å². The minimum Gasteiger partial charge on any atom is -0.497 e. The van der Waals surface area contributed by atoms with Gasteiger partial charge in [0.15, 0.2) is 0 Å². The number of ether oxygens (including phenoxy) is 1. The highest BCUT2D eigenvalue weighted by Gasteiger charge is 2.21. The zero-order valence-electron chi connectivity index (χ0n) is 18.6. The van der Waals surface area contributed by atoms with Gasteiger partial charge in [-0.2, -0.15) is 0 Å². The molecule has 0 unspecified atom stereocenters. The molecule has 1 saturated heterocycles. The summed E-state index contributed by atoms with van der Waals surface area (Å²) in [6.45, 7) is 3.98. The molecule has 1 aliphatic rings. The maximum atomic E-state index is 12.9. The second-order valence-corrected chi connectivity index (χ2v) is 8.18. The first-order valence-corrected chi connectivity index (χ1v) is 11.2. The summed E-state index contributed by atoms with van der Waals surface area (Å²) in [4.78, 5) is 17.5. The number of nitrogens with one attached hydrogen (secondary N) is 1. The van der Waals surface area contributed by atoms with E-state index in [4.69, 9.17) is 4.74 Å². The van der Waals surface area contributed by atoms with Crippen molar-refractivity contribution in [3.05, 3.63) is 96.1 Å². The molecule has 0 spiro atoms. The van der Waals surface area contributed by atoms with Gasteiger partial charge in [-0.3, -0.25) is 9.69 Å². The standard InChI is InChI=1S/C27H31N3O2/c1-32-25-14-12-24(13-15-25)30-18-16-29(17-19-30)21-27(31)28-26(23-10-6-3-7-11-23)20-22-8-4-2-5-9-22/h2-15,26H,16-21H2,1H3,(H,28,31)/t26-/m1/s1. The first-order chi connectivity index (χ1) is 15.7. The Balaban J connectivity index is 1.32. The van der Waals surface area contributed by atoms with E-state index in [0.29, 0.717) is 6.54 Å². The first-order valence-electron chi connectivity index (χ1n) is 11.2. The third kappa shape index (κ3) is 5.89. The summed E-state index contributed by atoms with van der Waals surface area (Å²) in [5, 5.41) is 3.28. The van der Waals surface area contributed by atoms with Crippen LogP contribution < -0.4 is 15.0 Å². The van der Waals surface area contributed by atoms with Gasteiger partial charge in [0.1, 0.15) is 5.75 Å².